The lowest BCUT2D eigenvalue weighted by molar-refractivity contribution is -0.115. The Bertz CT molecular complexity index is 622. The number of nitrogens with zero attached hydrogens (tertiary/aromatic N) is 1. The quantitative estimate of drug-likeness (QED) is 0.921. The average molecular weight is 264 g/mol. The summed E-state index contributed by atoms with van der Waals surface area (Å²) in [5, 5.41) is 11.6. The van der Waals surface area contributed by atoms with Gasteiger partial charge >= 0.3 is 0 Å². The van der Waals surface area contributed by atoms with Gasteiger partial charge in [-0.1, -0.05) is 31.2 Å². The molecule has 0 aromatic heterocycles. The average Bonchev–Trinajstić information content (AvgIpc) is 2.49. The van der Waals surface area contributed by atoms with Crippen LogP contribution in [-0.4, -0.2) is 5.91 Å². The molecule has 3 nitrogen and oxygen atoms in total. The number of anilines is 1. The highest BCUT2D eigenvalue weighted by molar-refractivity contribution is 5.92. The highest BCUT2D eigenvalue weighted by Crippen LogP contribution is 2.11. The topological polar surface area (TPSA) is 52.9 Å². The first kappa shape index (κ1) is 13.8. The number of rotatable bonds is 4. The summed E-state index contributed by atoms with van der Waals surface area (Å²) >= 11 is 0. The van der Waals surface area contributed by atoms with E-state index in [9.17, 15) is 4.79 Å². The normalized spacial score (nSPS) is 9.80. The molecule has 20 heavy (non-hydrogen) atoms. The van der Waals surface area contributed by atoms with Gasteiger partial charge in [0.05, 0.1) is 18.1 Å². The van der Waals surface area contributed by atoms with E-state index in [0.29, 0.717) is 12.0 Å². The lowest BCUT2D eigenvalue weighted by Crippen LogP contribution is -2.14. The number of hydrogen-bond donors (Lipinski definition) is 1. The first-order chi connectivity index (χ1) is 9.71. The summed E-state index contributed by atoms with van der Waals surface area (Å²) in [6, 6.07) is 17.0. The summed E-state index contributed by atoms with van der Waals surface area (Å²) in [6.07, 6.45) is 1.29. The zero-order chi connectivity index (χ0) is 14.4. The fourth-order valence-corrected chi connectivity index (χ4v) is 1.91. The van der Waals surface area contributed by atoms with Crippen molar-refractivity contribution in [1.82, 2.24) is 0 Å². The smallest absolute Gasteiger partial charge is 0.228 e. The second-order valence-electron chi connectivity index (χ2n) is 4.58. The zero-order valence-corrected chi connectivity index (χ0v) is 11.4. The summed E-state index contributed by atoms with van der Waals surface area (Å²) in [5.74, 6) is -0.0565. The summed E-state index contributed by atoms with van der Waals surface area (Å²) in [6.45, 7) is 2.10. The minimum Gasteiger partial charge on any atom is -0.326 e. The Hall–Kier alpha value is -2.60. The molecular weight excluding hydrogens is 248 g/mol. The minimum atomic E-state index is -0.0565. The van der Waals surface area contributed by atoms with Crippen molar-refractivity contribution >= 4 is 11.6 Å². The SMILES string of the molecule is CCc1ccc(NC(=O)Cc2ccc(C#N)cc2)cc1. The molecule has 0 saturated carbocycles. The molecule has 0 aliphatic heterocycles. The Morgan fingerprint density at radius 2 is 1.65 bits per heavy atom. The molecular formula is C17H16N2O. The fraction of sp³-hybridized carbons (Fsp3) is 0.176. The van der Waals surface area contributed by atoms with Crippen molar-refractivity contribution in [1.29, 1.82) is 5.26 Å². The van der Waals surface area contributed by atoms with E-state index >= 15 is 0 Å². The lowest BCUT2D eigenvalue weighted by Gasteiger charge is -2.06. The predicted octanol–water partition coefficient (Wildman–Crippen LogP) is 3.30. The van der Waals surface area contributed by atoms with Crippen molar-refractivity contribution in [3.8, 4) is 6.07 Å². The van der Waals surface area contributed by atoms with Gasteiger partial charge in [0, 0.05) is 5.69 Å². The molecule has 0 heterocycles. The maximum absolute atomic E-state index is 11.9. The molecule has 100 valence electrons. The van der Waals surface area contributed by atoms with Crippen LogP contribution in [0.25, 0.3) is 0 Å². The summed E-state index contributed by atoms with van der Waals surface area (Å²) in [5.41, 5.74) is 3.55. The van der Waals surface area contributed by atoms with Crippen LogP contribution in [0.5, 0.6) is 0 Å². The van der Waals surface area contributed by atoms with Crippen LogP contribution in [0.3, 0.4) is 0 Å². The second kappa shape index (κ2) is 6.53. The predicted molar refractivity (Wildman–Crippen MR) is 79.3 cm³/mol. The molecule has 0 atom stereocenters. The number of hydrogen-bond acceptors (Lipinski definition) is 2. The third-order valence-corrected chi connectivity index (χ3v) is 3.09. The molecule has 0 spiro atoms. The fourth-order valence-electron chi connectivity index (χ4n) is 1.91. The second-order valence-corrected chi connectivity index (χ2v) is 4.58. The van der Waals surface area contributed by atoms with Crippen LogP contribution in [0.1, 0.15) is 23.6 Å². The number of aryl methyl sites for hydroxylation is 1. The Morgan fingerprint density at radius 3 is 2.20 bits per heavy atom. The van der Waals surface area contributed by atoms with Gasteiger partial charge in [-0.2, -0.15) is 5.26 Å². The van der Waals surface area contributed by atoms with Gasteiger partial charge in [-0.25, -0.2) is 0 Å². The van der Waals surface area contributed by atoms with E-state index in [4.69, 9.17) is 5.26 Å². The van der Waals surface area contributed by atoms with Gasteiger partial charge in [0.1, 0.15) is 0 Å². The number of nitrogens with one attached hydrogen (secondary N) is 1. The van der Waals surface area contributed by atoms with Crippen LogP contribution < -0.4 is 5.32 Å². The molecule has 3 heteroatoms. The van der Waals surface area contributed by atoms with Gasteiger partial charge in [0.25, 0.3) is 0 Å². The van der Waals surface area contributed by atoms with Crippen LogP contribution in [0.15, 0.2) is 48.5 Å². The van der Waals surface area contributed by atoms with E-state index in [2.05, 4.69) is 18.3 Å². The molecule has 0 unspecified atom stereocenters. The van der Waals surface area contributed by atoms with Crippen molar-refractivity contribution in [3.05, 3.63) is 65.2 Å². The molecule has 2 aromatic rings. The maximum Gasteiger partial charge on any atom is 0.228 e. The number of benzene rings is 2. The van der Waals surface area contributed by atoms with Gasteiger partial charge in [-0.3, -0.25) is 4.79 Å². The highest BCUT2D eigenvalue weighted by Gasteiger charge is 2.04. The summed E-state index contributed by atoms with van der Waals surface area (Å²) < 4.78 is 0. The van der Waals surface area contributed by atoms with E-state index in [0.717, 1.165) is 17.7 Å². The molecule has 1 amide bonds. The largest absolute Gasteiger partial charge is 0.326 e. The lowest BCUT2D eigenvalue weighted by atomic mass is 10.1. The maximum atomic E-state index is 11.9. The van der Waals surface area contributed by atoms with Crippen LogP contribution in [0.4, 0.5) is 5.69 Å². The minimum absolute atomic E-state index is 0.0565. The van der Waals surface area contributed by atoms with Gasteiger partial charge in [0.15, 0.2) is 0 Å². The highest BCUT2D eigenvalue weighted by atomic mass is 16.1. The third-order valence-electron chi connectivity index (χ3n) is 3.09. The zero-order valence-electron chi connectivity index (χ0n) is 11.4. The Kier molecular flexibility index (Phi) is 4.52. The van der Waals surface area contributed by atoms with Crippen molar-refractivity contribution in [2.75, 3.05) is 5.32 Å². The van der Waals surface area contributed by atoms with Crippen LogP contribution in [-0.2, 0) is 17.6 Å². The molecule has 0 fully saturated rings. The Labute approximate surface area is 118 Å². The molecule has 1 N–H and O–H groups in total. The van der Waals surface area contributed by atoms with Crippen molar-refractivity contribution in [3.63, 3.8) is 0 Å². The van der Waals surface area contributed by atoms with Crippen molar-refractivity contribution in [2.24, 2.45) is 0 Å². The van der Waals surface area contributed by atoms with Gasteiger partial charge < -0.3 is 5.32 Å². The molecule has 0 bridgehead atoms. The van der Waals surface area contributed by atoms with Gasteiger partial charge in [0.2, 0.25) is 5.91 Å². The molecule has 0 radical (unpaired) electrons. The standard InChI is InChI=1S/C17H16N2O/c1-2-13-7-9-16(10-8-13)19-17(20)11-14-3-5-15(12-18)6-4-14/h3-10H,2,11H2,1H3,(H,19,20). The van der Waals surface area contributed by atoms with Gasteiger partial charge in [-0.05, 0) is 41.8 Å². The Morgan fingerprint density at radius 1 is 1.05 bits per heavy atom. The molecule has 2 aromatic carbocycles. The first-order valence-electron chi connectivity index (χ1n) is 6.59. The first-order valence-corrected chi connectivity index (χ1v) is 6.59. The summed E-state index contributed by atoms with van der Waals surface area (Å²) in [7, 11) is 0. The van der Waals surface area contributed by atoms with Crippen molar-refractivity contribution < 1.29 is 4.79 Å². The number of nitriles is 1. The van der Waals surface area contributed by atoms with Gasteiger partial charge in [-0.15, -0.1) is 0 Å². The monoisotopic (exact) mass is 264 g/mol. The van der Waals surface area contributed by atoms with E-state index in [1.54, 1.807) is 24.3 Å². The van der Waals surface area contributed by atoms with Crippen LogP contribution in [0, 0.1) is 11.3 Å². The molecule has 0 aliphatic carbocycles. The molecule has 2 rings (SSSR count). The molecule has 0 aliphatic rings. The summed E-state index contributed by atoms with van der Waals surface area (Å²) in [4.78, 5) is 11.9. The molecule has 0 saturated heterocycles. The van der Waals surface area contributed by atoms with E-state index in [1.807, 2.05) is 24.3 Å². The number of carbonyl (C=O) groups is 1. The van der Waals surface area contributed by atoms with Crippen LogP contribution >= 0.6 is 0 Å². The third kappa shape index (κ3) is 3.69. The van der Waals surface area contributed by atoms with E-state index < -0.39 is 0 Å². The van der Waals surface area contributed by atoms with E-state index in [1.165, 1.54) is 5.56 Å². The number of amides is 1. The number of carbonyl (C=O) groups excluding carboxylic acids is 1. The Balaban J connectivity index is 1.95. The van der Waals surface area contributed by atoms with E-state index in [-0.39, 0.29) is 5.91 Å². The van der Waals surface area contributed by atoms with Crippen LogP contribution in [0.2, 0.25) is 0 Å². The van der Waals surface area contributed by atoms with Crippen molar-refractivity contribution in [2.45, 2.75) is 19.8 Å².